The van der Waals surface area contributed by atoms with E-state index in [0.717, 1.165) is 0 Å². The van der Waals surface area contributed by atoms with Gasteiger partial charge in [0.25, 0.3) is 0 Å². The van der Waals surface area contributed by atoms with Crippen LogP contribution >= 0.6 is 15.9 Å². The molecule has 0 saturated carbocycles. The predicted molar refractivity (Wildman–Crippen MR) is 58.9 cm³/mol. The smallest absolute Gasteiger partial charge is 0.337 e. The highest BCUT2D eigenvalue weighted by Gasteiger charge is 2.13. The van der Waals surface area contributed by atoms with Gasteiger partial charge in [0.05, 0.1) is 5.56 Å². The van der Waals surface area contributed by atoms with Gasteiger partial charge < -0.3 is 5.11 Å². The first-order valence-corrected chi connectivity index (χ1v) is 5.13. The molecule has 6 nitrogen and oxygen atoms in total. The molecule has 0 aliphatic carbocycles. The number of aryl methyl sites for hydroxylation is 1. The SMILES string of the molecule is Cn1nnc(Br)c1-c1cncc(C(=O)O)c1. The average molecular weight is 283 g/mol. The van der Waals surface area contributed by atoms with Crippen molar-refractivity contribution in [3.63, 3.8) is 0 Å². The fourth-order valence-corrected chi connectivity index (χ4v) is 1.88. The number of pyridine rings is 1. The number of hydrogen-bond donors (Lipinski definition) is 1. The number of halogens is 1. The van der Waals surface area contributed by atoms with Gasteiger partial charge in [0, 0.05) is 25.0 Å². The van der Waals surface area contributed by atoms with E-state index in [1.807, 2.05) is 0 Å². The molecule has 2 rings (SSSR count). The molecule has 0 aromatic carbocycles. The molecule has 0 spiro atoms. The van der Waals surface area contributed by atoms with Crippen LogP contribution in [0.5, 0.6) is 0 Å². The number of aromatic nitrogens is 4. The van der Waals surface area contributed by atoms with Crippen molar-refractivity contribution in [3.05, 3.63) is 28.6 Å². The van der Waals surface area contributed by atoms with Gasteiger partial charge in [-0.3, -0.25) is 4.98 Å². The minimum absolute atomic E-state index is 0.130. The maximum absolute atomic E-state index is 10.8. The molecule has 0 saturated heterocycles. The zero-order valence-electron chi connectivity index (χ0n) is 8.25. The molecule has 2 heterocycles. The van der Waals surface area contributed by atoms with Gasteiger partial charge in [-0.05, 0) is 22.0 Å². The lowest BCUT2D eigenvalue weighted by Crippen LogP contribution is -1.99. The lowest BCUT2D eigenvalue weighted by atomic mass is 10.1. The standard InChI is InChI=1S/C9H7BrN4O2/c1-14-7(8(10)12-13-14)5-2-6(9(15)16)4-11-3-5/h2-4H,1H3,(H,15,16). The largest absolute Gasteiger partial charge is 0.478 e. The number of carboxylic acids is 1. The van der Waals surface area contributed by atoms with Crippen LogP contribution in [0, 0.1) is 0 Å². The third-order valence-corrected chi connectivity index (χ3v) is 2.58. The van der Waals surface area contributed by atoms with Gasteiger partial charge in [0.2, 0.25) is 0 Å². The van der Waals surface area contributed by atoms with Crippen molar-refractivity contribution in [2.75, 3.05) is 0 Å². The second kappa shape index (κ2) is 4.01. The fraction of sp³-hybridized carbons (Fsp3) is 0.111. The summed E-state index contributed by atoms with van der Waals surface area (Å²) in [4.78, 5) is 14.7. The lowest BCUT2D eigenvalue weighted by Gasteiger charge is -2.02. The van der Waals surface area contributed by atoms with Gasteiger partial charge in [-0.15, -0.1) is 5.10 Å². The molecular weight excluding hydrogens is 276 g/mol. The molecule has 0 bridgehead atoms. The summed E-state index contributed by atoms with van der Waals surface area (Å²) in [5.74, 6) is -1.01. The van der Waals surface area contributed by atoms with E-state index in [4.69, 9.17) is 5.11 Å². The van der Waals surface area contributed by atoms with E-state index < -0.39 is 5.97 Å². The van der Waals surface area contributed by atoms with Gasteiger partial charge in [-0.25, -0.2) is 9.48 Å². The minimum Gasteiger partial charge on any atom is -0.478 e. The summed E-state index contributed by atoms with van der Waals surface area (Å²) in [7, 11) is 1.72. The fourth-order valence-electron chi connectivity index (χ4n) is 1.32. The highest BCUT2D eigenvalue weighted by Crippen LogP contribution is 2.25. The van der Waals surface area contributed by atoms with E-state index in [-0.39, 0.29) is 5.56 Å². The van der Waals surface area contributed by atoms with E-state index in [1.54, 1.807) is 17.9 Å². The molecule has 0 radical (unpaired) electrons. The van der Waals surface area contributed by atoms with Crippen molar-refractivity contribution in [1.29, 1.82) is 0 Å². The van der Waals surface area contributed by atoms with Crippen molar-refractivity contribution in [2.24, 2.45) is 7.05 Å². The second-order valence-electron chi connectivity index (χ2n) is 3.12. The van der Waals surface area contributed by atoms with Crippen molar-refractivity contribution in [1.82, 2.24) is 20.0 Å². The van der Waals surface area contributed by atoms with Crippen LogP contribution in [0.3, 0.4) is 0 Å². The highest BCUT2D eigenvalue weighted by molar-refractivity contribution is 9.10. The summed E-state index contributed by atoms with van der Waals surface area (Å²) < 4.78 is 2.10. The van der Waals surface area contributed by atoms with E-state index >= 15 is 0 Å². The Morgan fingerprint density at radius 1 is 1.50 bits per heavy atom. The van der Waals surface area contributed by atoms with Crippen molar-refractivity contribution >= 4 is 21.9 Å². The van der Waals surface area contributed by atoms with E-state index in [9.17, 15) is 4.79 Å². The predicted octanol–water partition coefficient (Wildman–Crippen LogP) is 1.34. The third kappa shape index (κ3) is 1.81. The zero-order valence-corrected chi connectivity index (χ0v) is 9.84. The first-order chi connectivity index (χ1) is 7.59. The minimum atomic E-state index is -1.01. The number of hydrogen-bond acceptors (Lipinski definition) is 4. The molecule has 0 amide bonds. The Bertz CT molecular complexity index is 533. The molecule has 0 aliphatic rings. The summed E-state index contributed by atoms with van der Waals surface area (Å²) in [6, 6.07) is 1.53. The molecule has 0 fully saturated rings. The van der Waals surface area contributed by atoms with Gasteiger partial charge in [0.15, 0.2) is 4.60 Å². The first-order valence-electron chi connectivity index (χ1n) is 4.33. The molecule has 2 aromatic rings. The Hall–Kier alpha value is -1.76. The van der Waals surface area contributed by atoms with Crippen molar-refractivity contribution < 1.29 is 9.90 Å². The lowest BCUT2D eigenvalue weighted by molar-refractivity contribution is 0.0696. The summed E-state index contributed by atoms with van der Waals surface area (Å²) in [6.07, 6.45) is 2.86. The van der Waals surface area contributed by atoms with Crippen LogP contribution in [-0.2, 0) is 7.05 Å². The van der Waals surface area contributed by atoms with Gasteiger partial charge in [-0.2, -0.15) is 0 Å². The Balaban J connectivity index is 2.57. The average Bonchev–Trinajstić information content (AvgIpc) is 2.59. The maximum Gasteiger partial charge on any atom is 0.337 e. The highest BCUT2D eigenvalue weighted by atomic mass is 79.9. The Kier molecular flexibility index (Phi) is 2.69. The molecule has 7 heteroatoms. The summed E-state index contributed by atoms with van der Waals surface area (Å²) in [6.45, 7) is 0. The van der Waals surface area contributed by atoms with Crippen molar-refractivity contribution in [2.45, 2.75) is 0 Å². The topological polar surface area (TPSA) is 80.9 Å². The summed E-state index contributed by atoms with van der Waals surface area (Å²) in [5.41, 5.74) is 1.47. The van der Waals surface area contributed by atoms with Crippen LogP contribution < -0.4 is 0 Å². The quantitative estimate of drug-likeness (QED) is 0.899. The van der Waals surface area contributed by atoms with Crippen LogP contribution in [0.2, 0.25) is 0 Å². The van der Waals surface area contributed by atoms with Crippen LogP contribution in [0.1, 0.15) is 10.4 Å². The van der Waals surface area contributed by atoms with Gasteiger partial charge in [0.1, 0.15) is 5.69 Å². The number of nitrogens with zero attached hydrogens (tertiary/aromatic N) is 4. The van der Waals surface area contributed by atoms with E-state index in [0.29, 0.717) is 15.9 Å². The van der Waals surface area contributed by atoms with E-state index in [2.05, 4.69) is 31.2 Å². The van der Waals surface area contributed by atoms with Crippen LogP contribution in [0.15, 0.2) is 23.1 Å². The Morgan fingerprint density at radius 2 is 2.25 bits per heavy atom. The van der Waals surface area contributed by atoms with Gasteiger partial charge >= 0.3 is 5.97 Å². The van der Waals surface area contributed by atoms with Crippen LogP contribution in [-0.4, -0.2) is 31.1 Å². The molecule has 16 heavy (non-hydrogen) atoms. The molecule has 1 N–H and O–H groups in total. The molecular formula is C9H7BrN4O2. The molecule has 0 aliphatic heterocycles. The Morgan fingerprint density at radius 3 is 2.81 bits per heavy atom. The summed E-state index contributed by atoms with van der Waals surface area (Å²) >= 11 is 3.25. The van der Waals surface area contributed by atoms with Crippen molar-refractivity contribution in [3.8, 4) is 11.3 Å². The molecule has 82 valence electrons. The first kappa shape index (κ1) is 10.7. The number of carbonyl (C=O) groups is 1. The Labute approximate surface area is 99.1 Å². The van der Waals surface area contributed by atoms with Crippen LogP contribution in [0.4, 0.5) is 0 Å². The number of rotatable bonds is 2. The van der Waals surface area contributed by atoms with Gasteiger partial charge in [-0.1, -0.05) is 5.21 Å². The maximum atomic E-state index is 10.8. The molecule has 2 aromatic heterocycles. The van der Waals surface area contributed by atoms with Crippen LogP contribution in [0.25, 0.3) is 11.3 Å². The number of aromatic carboxylic acids is 1. The molecule has 0 atom stereocenters. The normalized spacial score (nSPS) is 10.4. The zero-order chi connectivity index (χ0) is 11.7. The monoisotopic (exact) mass is 282 g/mol. The molecule has 0 unspecified atom stereocenters. The number of carboxylic acid groups (broad SMARTS) is 1. The van der Waals surface area contributed by atoms with E-state index in [1.165, 1.54) is 12.3 Å². The summed E-state index contributed by atoms with van der Waals surface area (Å²) in [5, 5.41) is 16.5. The second-order valence-corrected chi connectivity index (χ2v) is 3.87. The third-order valence-electron chi connectivity index (χ3n) is 2.04.